The Bertz CT molecular complexity index is 448. The molecular formula is C17H21N. The maximum absolute atomic E-state index is 4.26. The second kappa shape index (κ2) is 4.74. The van der Waals surface area contributed by atoms with Gasteiger partial charge in [0.1, 0.15) is 0 Å². The summed E-state index contributed by atoms with van der Waals surface area (Å²) in [7, 11) is 0. The Labute approximate surface area is 110 Å². The SMILES string of the molecule is C=CC1CC(=C)C2CN(Cc3ccccc3)CC12. The van der Waals surface area contributed by atoms with Gasteiger partial charge in [-0.2, -0.15) is 0 Å². The molecule has 1 nitrogen and oxygen atoms in total. The van der Waals surface area contributed by atoms with Gasteiger partial charge in [-0.05, 0) is 29.7 Å². The van der Waals surface area contributed by atoms with Gasteiger partial charge in [0.15, 0.2) is 0 Å². The fourth-order valence-corrected chi connectivity index (χ4v) is 3.61. The highest BCUT2D eigenvalue weighted by atomic mass is 15.2. The minimum atomic E-state index is 0.656. The van der Waals surface area contributed by atoms with E-state index in [1.807, 2.05) is 0 Å². The molecule has 0 bridgehead atoms. The third kappa shape index (κ3) is 2.04. The van der Waals surface area contributed by atoms with Gasteiger partial charge in [0, 0.05) is 19.6 Å². The number of hydrogen-bond acceptors (Lipinski definition) is 1. The fourth-order valence-electron chi connectivity index (χ4n) is 3.61. The molecule has 3 atom stereocenters. The Hall–Kier alpha value is -1.34. The van der Waals surface area contributed by atoms with Crippen LogP contribution in [-0.2, 0) is 6.54 Å². The molecule has 94 valence electrons. The van der Waals surface area contributed by atoms with E-state index in [0.29, 0.717) is 11.8 Å². The molecule has 1 aromatic carbocycles. The van der Waals surface area contributed by atoms with Crippen molar-refractivity contribution in [1.82, 2.24) is 4.90 Å². The molecule has 2 fully saturated rings. The van der Waals surface area contributed by atoms with Crippen LogP contribution < -0.4 is 0 Å². The highest BCUT2D eigenvalue weighted by Gasteiger charge is 2.43. The van der Waals surface area contributed by atoms with Gasteiger partial charge >= 0.3 is 0 Å². The molecular weight excluding hydrogens is 218 g/mol. The van der Waals surface area contributed by atoms with Crippen molar-refractivity contribution in [3.63, 3.8) is 0 Å². The van der Waals surface area contributed by atoms with Crippen LogP contribution in [0.25, 0.3) is 0 Å². The largest absolute Gasteiger partial charge is 0.298 e. The lowest BCUT2D eigenvalue weighted by Crippen LogP contribution is -2.22. The van der Waals surface area contributed by atoms with E-state index in [-0.39, 0.29) is 0 Å². The Morgan fingerprint density at radius 2 is 2.00 bits per heavy atom. The summed E-state index contributed by atoms with van der Waals surface area (Å²) < 4.78 is 0. The second-order valence-corrected chi connectivity index (χ2v) is 5.71. The van der Waals surface area contributed by atoms with E-state index in [2.05, 4.69) is 54.5 Å². The first-order valence-corrected chi connectivity index (χ1v) is 6.84. The Kier molecular flexibility index (Phi) is 3.09. The molecule has 1 heteroatoms. The summed E-state index contributed by atoms with van der Waals surface area (Å²) in [5.74, 6) is 2.12. The van der Waals surface area contributed by atoms with Gasteiger partial charge in [-0.25, -0.2) is 0 Å². The van der Waals surface area contributed by atoms with Crippen LogP contribution in [0.4, 0.5) is 0 Å². The van der Waals surface area contributed by atoms with Crippen molar-refractivity contribution in [2.45, 2.75) is 13.0 Å². The van der Waals surface area contributed by atoms with Crippen molar-refractivity contribution in [2.75, 3.05) is 13.1 Å². The Morgan fingerprint density at radius 1 is 1.22 bits per heavy atom. The predicted molar refractivity (Wildman–Crippen MR) is 76.1 cm³/mol. The van der Waals surface area contributed by atoms with Crippen LogP contribution in [-0.4, -0.2) is 18.0 Å². The molecule has 0 spiro atoms. The Balaban J connectivity index is 1.69. The number of fused-ring (bicyclic) bond motifs is 1. The van der Waals surface area contributed by atoms with Gasteiger partial charge in [-0.3, -0.25) is 4.90 Å². The van der Waals surface area contributed by atoms with Gasteiger partial charge in [-0.15, -0.1) is 6.58 Å². The number of likely N-dealkylation sites (tertiary alicyclic amines) is 1. The number of hydrogen-bond donors (Lipinski definition) is 0. The van der Waals surface area contributed by atoms with E-state index >= 15 is 0 Å². The molecule has 1 saturated heterocycles. The molecule has 0 N–H and O–H groups in total. The molecule has 1 aliphatic carbocycles. The van der Waals surface area contributed by atoms with Gasteiger partial charge in [-0.1, -0.05) is 48.6 Å². The van der Waals surface area contributed by atoms with Gasteiger partial charge < -0.3 is 0 Å². The summed E-state index contributed by atoms with van der Waals surface area (Å²) in [6.07, 6.45) is 3.31. The normalized spacial score (nSPS) is 31.6. The van der Waals surface area contributed by atoms with E-state index < -0.39 is 0 Å². The predicted octanol–water partition coefficient (Wildman–Crippen LogP) is 3.50. The van der Waals surface area contributed by atoms with Crippen molar-refractivity contribution >= 4 is 0 Å². The van der Waals surface area contributed by atoms with Crippen LogP contribution in [0.3, 0.4) is 0 Å². The van der Waals surface area contributed by atoms with Crippen molar-refractivity contribution < 1.29 is 0 Å². The maximum Gasteiger partial charge on any atom is 0.0234 e. The summed E-state index contributed by atoms with van der Waals surface area (Å²) in [6.45, 7) is 11.7. The monoisotopic (exact) mass is 239 g/mol. The first-order chi connectivity index (χ1) is 8.78. The number of benzene rings is 1. The van der Waals surface area contributed by atoms with Gasteiger partial charge in [0.05, 0.1) is 0 Å². The second-order valence-electron chi connectivity index (χ2n) is 5.71. The van der Waals surface area contributed by atoms with E-state index in [9.17, 15) is 0 Å². The molecule has 1 heterocycles. The lowest BCUT2D eigenvalue weighted by Gasteiger charge is -2.18. The molecule has 0 radical (unpaired) electrons. The first-order valence-electron chi connectivity index (χ1n) is 6.84. The average Bonchev–Trinajstić information content (AvgIpc) is 2.91. The highest BCUT2D eigenvalue weighted by Crippen LogP contribution is 2.45. The number of nitrogens with zero attached hydrogens (tertiary/aromatic N) is 1. The zero-order valence-electron chi connectivity index (χ0n) is 10.9. The molecule has 2 aliphatic rings. The zero-order chi connectivity index (χ0) is 12.5. The van der Waals surface area contributed by atoms with E-state index in [0.717, 1.165) is 18.9 Å². The topological polar surface area (TPSA) is 3.24 Å². The van der Waals surface area contributed by atoms with Crippen LogP contribution in [0.1, 0.15) is 12.0 Å². The summed E-state index contributed by atoms with van der Waals surface area (Å²) in [4.78, 5) is 2.57. The molecule has 0 amide bonds. The summed E-state index contributed by atoms with van der Waals surface area (Å²) in [5.41, 5.74) is 2.86. The van der Waals surface area contributed by atoms with Crippen LogP contribution in [0.5, 0.6) is 0 Å². The first kappa shape index (κ1) is 11.7. The summed E-state index contributed by atoms with van der Waals surface area (Å²) >= 11 is 0. The minimum absolute atomic E-state index is 0.656. The molecule has 18 heavy (non-hydrogen) atoms. The van der Waals surface area contributed by atoms with Crippen molar-refractivity contribution in [3.05, 3.63) is 60.7 Å². The summed E-state index contributed by atoms with van der Waals surface area (Å²) in [6, 6.07) is 10.8. The van der Waals surface area contributed by atoms with Gasteiger partial charge in [0.2, 0.25) is 0 Å². The maximum atomic E-state index is 4.26. The quantitative estimate of drug-likeness (QED) is 0.730. The fraction of sp³-hybridized carbons (Fsp3) is 0.412. The van der Waals surface area contributed by atoms with Crippen LogP contribution >= 0.6 is 0 Å². The average molecular weight is 239 g/mol. The van der Waals surface area contributed by atoms with E-state index in [1.165, 1.54) is 24.2 Å². The molecule has 1 saturated carbocycles. The molecule has 0 aromatic heterocycles. The number of allylic oxidation sites excluding steroid dienone is 1. The van der Waals surface area contributed by atoms with Crippen LogP contribution in [0, 0.1) is 17.8 Å². The van der Waals surface area contributed by atoms with E-state index in [4.69, 9.17) is 0 Å². The third-order valence-corrected chi connectivity index (χ3v) is 4.56. The third-order valence-electron chi connectivity index (χ3n) is 4.56. The molecule has 3 unspecified atom stereocenters. The molecule has 1 aromatic rings. The zero-order valence-corrected chi connectivity index (χ0v) is 10.9. The van der Waals surface area contributed by atoms with Crippen molar-refractivity contribution in [2.24, 2.45) is 17.8 Å². The minimum Gasteiger partial charge on any atom is -0.298 e. The van der Waals surface area contributed by atoms with Crippen molar-refractivity contribution in [3.8, 4) is 0 Å². The van der Waals surface area contributed by atoms with Gasteiger partial charge in [0.25, 0.3) is 0 Å². The number of rotatable bonds is 3. The summed E-state index contributed by atoms with van der Waals surface area (Å²) in [5, 5.41) is 0. The lowest BCUT2D eigenvalue weighted by molar-refractivity contribution is 0.299. The van der Waals surface area contributed by atoms with Crippen molar-refractivity contribution in [1.29, 1.82) is 0 Å². The highest BCUT2D eigenvalue weighted by molar-refractivity contribution is 5.20. The van der Waals surface area contributed by atoms with E-state index in [1.54, 1.807) is 0 Å². The lowest BCUT2D eigenvalue weighted by atomic mass is 9.92. The smallest absolute Gasteiger partial charge is 0.0234 e. The standard InChI is InChI=1S/C17H21N/c1-3-15-9-13(2)16-11-18(12-17(15)16)10-14-7-5-4-6-8-14/h3-8,15-17H,1-2,9-12H2. The molecule has 3 rings (SSSR count). The van der Waals surface area contributed by atoms with Crippen LogP contribution in [0.2, 0.25) is 0 Å². The molecule has 1 aliphatic heterocycles. The Morgan fingerprint density at radius 3 is 2.72 bits per heavy atom. The van der Waals surface area contributed by atoms with Crippen LogP contribution in [0.15, 0.2) is 55.1 Å².